The highest BCUT2D eigenvalue weighted by atomic mass is 32.2. The van der Waals surface area contributed by atoms with Crippen molar-refractivity contribution in [2.24, 2.45) is 0 Å². The van der Waals surface area contributed by atoms with Gasteiger partial charge in [0.05, 0.1) is 10.3 Å². The molecular weight excluding hydrogens is 314 g/mol. The van der Waals surface area contributed by atoms with E-state index >= 15 is 0 Å². The predicted octanol–water partition coefficient (Wildman–Crippen LogP) is 4.24. The molecule has 1 fully saturated rings. The number of hydrogen-bond acceptors (Lipinski definition) is 6. The Morgan fingerprint density at radius 1 is 1.14 bits per heavy atom. The zero-order chi connectivity index (χ0) is 15.5. The number of aromatic nitrogens is 2. The summed E-state index contributed by atoms with van der Waals surface area (Å²) in [6.07, 6.45) is 0. The van der Waals surface area contributed by atoms with Crippen LogP contribution in [0.4, 0.5) is 0 Å². The van der Waals surface area contributed by atoms with Crippen molar-refractivity contribution in [3.05, 3.63) is 46.6 Å². The predicted molar refractivity (Wildman–Crippen MR) is 90.4 cm³/mol. The van der Waals surface area contributed by atoms with E-state index in [0.29, 0.717) is 15.9 Å². The summed E-state index contributed by atoms with van der Waals surface area (Å²) in [5.41, 5.74) is 3.29. The Morgan fingerprint density at radius 2 is 1.82 bits per heavy atom. The summed E-state index contributed by atoms with van der Waals surface area (Å²) in [5, 5.41) is 17.3. The first-order chi connectivity index (χ1) is 10.7. The summed E-state index contributed by atoms with van der Waals surface area (Å²) >= 11 is 3.94. The lowest BCUT2D eigenvalue weighted by molar-refractivity contribution is 0.451. The van der Waals surface area contributed by atoms with E-state index in [-0.39, 0.29) is 5.88 Å². The second kappa shape index (κ2) is 6.59. The first-order valence-electron chi connectivity index (χ1n) is 6.94. The number of aryl methyl sites for hydroxylation is 1. The van der Waals surface area contributed by atoms with Crippen LogP contribution in [0.25, 0.3) is 0 Å². The fraction of sp³-hybridized carbons (Fsp3) is 0.312. The van der Waals surface area contributed by atoms with Crippen LogP contribution in [0.15, 0.2) is 24.3 Å². The topological polar surface area (TPSA) is 58.8 Å². The van der Waals surface area contributed by atoms with Crippen molar-refractivity contribution in [1.29, 1.82) is 5.26 Å². The summed E-state index contributed by atoms with van der Waals surface area (Å²) in [6, 6.07) is 10.1. The lowest BCUT2D eigenvalue weighted by Gasteiger charge is -2.11. The lowest BCUT2D eigenvalue weighted by Crippen LogP contribution is -2.00. The monoisotopic (exact) mass is 329 g/mol. The highest BCUT2D eigenvalue weighted by molar-refractivity contribution is 8.19. The van der Waals surface area contributed by atoms with Crippen LogP contribution >= 0.6 is 23.5 Å². The second-order valence-corrected chi connectivity index (χ2v) is 7.67. The Labute approximate surface area is 138 Å². The van der Waals surface area contributed by atoms with E-state index in [1.165, 1.54) is 17.1 Å². The molecule has 0 N–H and O–H groups in total. The third-order valence-electron chi connectivity index (χ3n) is 3.52. The number of rotatable bonds is 3. The number of benzene rings is 1. The summed E-state index contributed by atoms with van der Waals surface area (Å²) < 4.78 is 6.26. The molecule has 6 heteroatoms. The van der Waals surface area contributed by atoms with Gasteiger partial charge in [0, 0.05) is 11.5 Å². The Bertz CT molecular complexity index is 719. The quantitative estimate of drug-likeness (QED) is 0.839. The molecule has 0 bridgehead atoms. The van der Waals surface area contributed by atoms with Crippen molar-refractivity contribution < 1.29 is 4.74 Å². The minimum atomic E-state index is 0.267. The molecule has 1 saturated heterocycles. The highest BCUT2D eigenvalue weighted by Crippen LogP contribution is 2.45. The van der Waals surface area contributed by atoms with Crippen LogP contribution < -0.4 is 4.74 Å². The van der Waals surface area contributed by atoms with Crippen LogP contribution in [0.5, 0.6) is 11.6 Å². The molecule has 1 aromatic carbocycles. The van der Waals surface area contributed by atoms with Crippen molar-refractivity contribution in [3.8, 4) is 17.7 Å². The van der Waals surface area contributed by atoms with Crippen LogP contribution in [-0.4, -0.2) is 21.7 Å². The summed E-state index contributed by atoms with van der Waals surface area (Å²) in [4.78, 5) is 0. The van der Waals surface area contributed by atoms with E-state index in [4.69, 9.17) is 4.74 Å². The van der Waals surface area contributed by atoms with Gasteiger partial charge >= 0.3 is 0 Å². The van der Waals surface area contributed by atoms with Crippen LogP contribution in [-0.2, 0) is 0 Å². The van der Waals surface area contributed by atoms with Crippen molar-refractivity contribution in [2.45, 2.75) is 18.4 Å². The smallest absolute Gasteiger partial charge is 0.257 e. The van der Waals surface area contributed by atoms with E-state index in [0.717, 1.165) is 11.3 Å². The largest absolute Gasteiger partial charge is 0.437 e. The van der Waals surface area contributed by atoms with Gasteiger partial charge in [-0.05, 0) is 37.1 Å². The molecule has 0 atom stereocenters. The van der Waals surface area contributed by atoms with Gasteiger partial charge in [0.15, 0.2) is 0 Å². The number of ether oxygens (including phenoxy) is 1. The van der Waals surface area contributed by atoms with Gasteiger partial charge in [-0.3, -0.25) is 0 Å². The molecule has 0 unspecified atom stereocenters. The van der Waals surface area contributed by atoms with E-state index < -0.39 is 0 Å². The van der Waals surface area contributed by atoms with Gasteiger partial charge < -0.3 is 4.74 Å². The Morgan fingerprint density at radius 3 is 2.45 bits per heavy atom. The average Bonchev–Trinajstić information content (AvgIpc) is 3.06. The molecule has 0 spiro atoms. The maximum absolute atomic E-state index is 9.29. The molecule has 22 heavy (non-hydrogen) atoms. The molecule has 1 aliphatic heterocycles. The van der Waals surface area contributed by atoms with Gasteiger partial charge in [-0.15, -0.1) is 28.6 Å². The normalized spacial score (nSPS) is 14.8. The summed E-state index contributed by atoms with van der Waals surface area (Å²) in [6.45, 7) is 3.69. The highest BCUT2D eigenvalue weighted by Gasteiger charge is 2.18. The van der Waals surface area contributed by atoms with Crippen molar-refractivity contribution in [3.63, 3.8) is 0 Å². The minimum absolute atomic E-state index is 0.267. The average molecular weight is 329 g/mol. The van der Waals surface area contributed by atoms with Crippen molar-refractivity contribution >= 4 is 23.5 Å². The molecule has 4 nitrogen and oxygen atoms in total. The SMILES string of the molecule is Cc1nnc(Oc2ccc(C3SCCS3)cc2)c(C#N)c1C. The van der Waals surface area contributed by atoms with E-state index in [2.05, 4.69) is 28.4 Å². The van der Waals surface area contributed by atoms with Gasteiger partial charge in [-0.1, -0.05) is 12.1 Å². The molecular formula is C16H15N3OS2. The lowest BCUT2D eigenvalue weighted by atomic mass is 10.1. The van der Waals surface area contributed by atoms with Crippen LogP contribution in [0, 0.1) is 25.2 Å². The minimum Gasteiger partial charge on any atom is -0.437 e. The van der Waals surface area contributed by atoms with Gasteiger partial charge in [0.2, 0.25) is 0 Å². The number of nitrogens with zero attached hydrogens (tertiary/aromatic N) is 3. The van der Waals surface area contributed by atoms with Crippen molar-refractivity contribution in [1.82, 2.24) is 10.2 Å². The molecule has 1 aromatic heterocycles. The Hall–Kier alpha value is -1.71. The molecule has 112 valence electrons. The van der Waals surface area contributed by atoms with Crippen LogP contribution in [0.2, 0.25) is 0 Å². The molecule has 0 saturated carbocycles. The zero-order valence-electron chi connectivity index (χ0n) is 12.4. The molecule has 0 amide bonds. The molecule has 0 aliphatic carbocycles. The van der Waals surface area contributed by atoms with E-state index in [1.54, 1.807) is 0 Å². The third kappa shape index (κ3) is 3.06. The first kappa shape index (κ1) is 15.2. The van der Waals surface area contributed by atoms with Gasteiger partial charge in [-0.2, -0.15) is 10.4 Å². The maximum Gasteiger partial charge on any atom is 0.257 e. The fourth-order valence-electron chi connectivity index (χ4n) is 2.15. The zero-order valence-corrected chi connectivity index (χ0v) is 14.0. The van der Waals surface area contributed by atoms with Crippen LogP contribution in [0.3, 0.4) is 0 Å². The first-order valence-corrected chi connectivity index (χ1v) is 9.04. The standard InChI is InChI=1S/C16H15N3OS2/c1-10-11(2)18-19-15(14(10)9-17)20-13-5-3-12(4-6-13)16-21-7-8-22-16/h3-6,16H,7-8H2,1-2H3. The molecule has 0 radical (unpaired) electrons. The molecule has 1 aliphatic rings. The number of hydrogen-bond donors (Lipinski definition) is 0. The van der Waals surface area contributed by atoms with Crippen molar-refractivity contribution in [2.75, 3.05) is 11.5 Å². The molecule has 2 aromatic rings. The summed E-state index contributed by atoms with van der Waals surface area (Å²) in [7, 11) is 0. The summed E-state index contributed by atoms with van der Waals surface area (Å²) in [5.74, 6) is 3.35. The molecule has 2 heterocycles. The maximum atomic E-state index is 9.29. The van der Waals surface area contributed by atoms with Gasteiger partial charge in [-0.25, -0.2) is 0 Å². The number of nitriles is 1. The third-order valence-corrected chi connectivity index (χ3v) is 6.63. The van der Waals surface area contributed by atoms with Gasteiger partial charge in [0.25, 0.3) is 5.88 Å². The van der Waals surface area contributed by atoms with E-state index in [9.17, 15) is 5.26 Å². The number of thioether (sulfide) groups is 2. The van der Waals surface area contributed by atoms with Gasteiger partial charge in [0.1, 0.15) is 17.4 Å². The van der Waals surface area contributed by atoms with Crippen LogP contribution in [0.1, 0.15) is 27.0 Å². The second-order valence-electron chi connectivity index (χ2n) is 4.95. The fourth-order valence-corrected chi connectivity index (χ4v) is 5.00. The Balaban J connectivity index is 1.82. The van der Waals surface area contributed by atoms with E-state index in [1.807, 2.05) is 49.5 Å². The molecule has 3 rings (SSSR count). The Kier molecular flexibility index (Phi) is 4.55.